The molecule has 20 heavy (non-hydrogen) atoms. The maximum Gasteiger partial charge on any atom is 0.165 e. The summed E-state index contributed by atoms with van der Waals surface area (Å²) >= 11 is 5.66. The number of ether oxygens (including phenoxy) is 1. The molecule has 0 aliphatic heterocycles. The van der Waals surface area contributed by atoms with Crippen molar-refractivity contribution in [2.45, 2.75) is 19.6 Å². The minimum atomic E-state index is -0.554. The SMILES string of the molecule is C[C@@H](N)c1ccc(OCc2cccc(Cl)c2F)c(F)c1. The van der Waals surface area contributed by atoms with E-state index >= 15 is 0 Å². The summed E-state index contributed by atoms with van der Waals surface area (Å²) in [6.45, 7) is 1.66. The molecule has 5 heteroatoms. The van der Waals surface area contributed by atoms with E-state index in [1.807, 2.05) is 0 Å². The molecule has 1 atom stereocenters. The average Bonchev–Trinajstić information content (AvgIpc) is 2.41. The normalized spacial score (nSPS) is 12.2. The minimum absolute atomic E-state index is 0.0128. The van der Waals surface area contributed by atoms with Crippen LogP contribution >= 0.6 is 11.6 Å². The summed E-state index contributed by atoms with van der Waals surface area (Å²) < 4.78 is 32.7. The summed E-state index contributed by atoms with van der Waals surface area (Å²) in [7, 11) is 0. The van der Waals surface area contributed by atoms with Gasteiger partial charge in [0.25, 0.3) is 0 Å². The summed E-state index contributed by atoms with van der Waals surface area (Å²) in [5, 5.41) is 0.0128. The molecule has 0 aliphatic carbocycles. The molecular weight excluding hydrogens is 284 g/mol. The molecule has 2 nitrogen and oxygen atoms in total. The van der Waals surface area contributed by atoms with Gasteiger partial charge in [0.05, 0.1) is 5.02 Å². The lowest BCUT2D eigenvalue weighted by Crippen LogP contribution is -2.06. The van der Waals surface area contributed by atoms with E-state index in [0.29, 0.717) is 5.56 Å². The van der Waals surface area contributed by atoms with Crippen molar-refractivity contribution >= 4 is 11.6 Å². The van der Waals surface area contributed by atoms with Gasteiger partial charge in [-0.2, -0.15) is 0 Å². The van der Waals surface area contributed by atoms with Crippen LogP contribution in [0.2, 0.25) is 5.02 Å². The second-order valence-electron chi connectivity index (χ2n) is 4.48. The van der Waals surface area contributed by atoms with Crippen LogP contribution in [0.15, 0.2) is 36.4 Å². The predicted octanol–water partition coefficient (Wildman–Crippen LogP) is 4.22. The number of nitrogens with two attached hydrogens (primary N) is 1. The van der Waals surface area contributed by atoms with Gasteiger partial charge in [-0.3, -0.25) is 0 Å². The highest BCUT2D eigenvalue weighted by Gasteiger charge is 2.10. The van der Waals surface area contributed by atoms with Gasteiger partial charge in [-0.15, -0.1) is 0 Å². The molecule has 2 aromatic carbocycles. The van der Waals surface area contributed by atoms with E-state index in [1.54, 1.807) is 19.1 Å². The van der Waals surface area contributed by atoms with Crippen molar-refractivity contribution in [1.82, 2.24) is 0 Å². The molecule has 106 valence electrons. The van der Waals surface area contributed by atoms with Crippen LogP contribution in [-0.2, 0) is 6.61 Å². The number of hydrogen-bond acceptors (Lipinski definition) is 2. The van der Waals surface area contributed by atoms with E-state index in [0.717, 1.165) is 0 Å². The first-order chi connectivity index (χ1) is 9.49. The minimum Gasteiger partial charge on any atom is -0.486 e. The Morgan fingerprint density at radius 1 is 1.25 bits per heavy atom. The first-order valence-corrected chi connectivity index (χ1v) is 6.47. The molecular formula is C15H14ClF2NO. The zero-order valence-electron chi connectivity index (χ0n) is 10.9. The molecule has 0 saturated carbocycles. The Balaban J connectivity index is 2.13. The summed E-state index contributed by atoms with van der Waals surface area (Å²) in [6.07, 6.45) is 0. The Morgan fingerprint density at radius 3 is 2.65 bits per heavy atom. The van der Waals surface area contributed by atoms with Gasteiger partial charge in [0, 0.05) is 11.6 Å². The highest BCUT2D eigenvalue weighted by Crippen LogP contribution is 2.24. The van der Waals surface area contributed by atoms with Crippen LogP contribution in [0.3, 0.4) is 0 Å². The first-order valence-electron chi connectivity index (χ1n) is 6.09. The number of rotatable bonds is 4. The maximum absolute atomic E-state index is 13.8. The third-order valence-corrected chi connectivity index (χ3v) is 3.19. The van der Waals surface area contributed by atoms with E-state index in [4.69, 9.17) is 22.1 Å². The summed E-state index contributed by atoms with van der Waals surface area (Å²) in [5.41, 5.74) is 6.60. The molecule has 0 bridgehead atoms. The maximum atomic E-state index is 13.8. The Morgan fingerprint density at radius 2 is 2.00 bits per heavy atom. The van der Waals surface area contributed by atoms with Gasteiger partial charge >= 0.3 is 0 Å². The third-order valence-electron chi connectivity index (χ3n) is 2.90. The van der Waals surface area contributed by atoms with Crippen LogP contribution in [0.4, 0.5) is 8.78 Å². The fourth-order valence-electron chi connectivity index (χ4n) is 1.73. The van der Waals surface area contributed by atoms with Crippen LogP contribution in [0.25, 0.3) is 0 Å². The zero-order chi connectivity index (χ0) is 14.7. The molecule has 0 heterocycles. The second-order valence-corrected chi connectivity index (χ2v) is 4.89. The van der Waals surface area contributed by atoms with Crippen LogP contribution < -0.4 is 10.5 Å². The standard InChI is InChI=1S/C15H14ClF2NO/c1-9(19)10-5-6-14(13(17)7-10)20-8-11-3-2-4-12(16)15(11)18/h2-7,9H,8,19H2,1H3/t9-/m1/s1. The smallest absolute Gasteiger partial charge is 0.165 e. The monoisotopic (exact) mass is 297 g/mol. The molecule has 2 rings (SSSR count). The van der Waals surface area contributed by atoms with E-state index in [2.05, 4.69) is 0 Å². The molecule has 2 N–H and O–H groups in total. The van der Waals surface area contributed by atoms with Crippen molar-refractivity contribution < 1.29 is 13.5 Å². The van der Waals surface area contributed by atoms with Crippen molar-refractivity contribution in [3.63, 3.8) is 0 Å². The van der Waals surface area contributed by atoms with Crippen molar-refractivity contribution in [3.05, 3.63) is 64.2 Å². The molecule has 2 aromatic rings. The Labute approximate surface area is 121 Å². The van der Waals surface area contributed by atoms with Gasteiger partial charge in [-0.25, -0.2) is 8.78 Å². The van der Waals surface area contributed by atoms with Crippen LogP contribution in [0.5, 0.6) is 5.75 Å². The molecule has 0 unspecified atom stereocenters. The summed E-state index contributed by atoms with van der Waals surface area (Å²) in [5.74, 6) is -1.03. The first kappa shape index (κ1) is 14.8. The Hall–Kier alpha value is -1.65. The molecule has 0 spiro atoms. The quantitative estimate of drug-likeness (QED) is 0.917. The number of halogens is 3. The number of benzene rings is 2. The van der Waals surface area contributed by atoms with E-state index in [1.165, 1.54) is 24.3 Å². The van der Waals surface area contributed by atoms with Crippen molar-refractivity contribution in [2.75, 3.05) is 0 Å². The lowest BCUT2D eigenvalue weighted by atomic mass is 10.1. The average molecular weight is 298 g/mol. The van der Waals surface area contributed by atoms with Gasteiger partial charge in [0.1, 0.15) is 12.4 Å². The van der Waals surface area contributed by atoms with Gasteiger partial charge in [0.2, 0.25) is 0 Å². The third kappa shape index (κ3) is 3.26. The summed E-state index contributed by atoms with van der Waals surface area (Å²) in [4.78, 5) is 0. The highest BCUT2D eigenvalue weighted by atomic mass is 35.5. The van der Waals surface area contributed by atoms with Crippen LogP contribution in [0.1, 0.15) is 24.1 Å². The van der Waals surface area contributed by atoms with E-state index in [9.17, 15) is 8.78 Å². The van der Waals surface area contributed by atoms with Gasteiger partial charge in [-0.05, 0) is 30.7 Å². The zero-order valence-corrected chi connectivity index (χ0v) is 11.6. The Bertz CT molecular complexity index is 617. The van der Waals surface area contributed by atoms with E-state index in [-0.39, 0.29) is 29.0 Å². The Kier molecular flexibility index (Phi) is 4.57. The largest absolute Gasteiger partial charge is 0.486 e. The molecule has 0 saturated heterocycles. The summed E-state index contributed by atoms with van der Waals surface area (Å²) in [6, 6.07) is 8.80. The van der Waals surface area contributed by atoms with Crippen molar-refractivity contribution in [2.24, 2.45) is 5.73 Å². The molecule has 0 aliphatic rings. The lowest BCUT2D eigenvalue weighted by molar-refractivity contribution is 0.284. The van der Waals surface area contributed by atoms with Gasteiger partial charge in [0.15, 0.2) is 11.6 Å². The topological polar surface area (TPSA) is 35.2 Å². The predicted molar refractivity (Wildman–Crippen MR) is 74.7 cm³/mol. The van der Waals surface area contributed by atoms with E-state index < -0.39 is 11.6 Å². The van der Waals surface area contributed by atoms with Gasteiger partial charge in [-0.1, -0.05) is 29.8 Å². The van der Waals surface area contributed by atoms with Gasteiger partial charge < -0.3 is 10.5 Å². The van der Waals surface area contributed by atoms with Crippen molar-refractivity contribution in [3.8, 4) is 5.75 Å². The van der Waals surface area contributed by atoms with Crippen LogP contribution in [0, 0.1) is 11.6 Å². The second kappa shape index (κ2) is 6.20. The molecule has 0 fully saturated rings. The van der Waals surface area contributed by atoms with Crippen molar-refractivity contribution in [1.29, 1.82) is 0 Å². The molecule has 0 radical (unpaired) electrons. The highest BCUT2D eigenvalue weighted by molar-refractivity contribution is 6.30. The number of hydrogen-bond donors (Lipinski definition) is 1. The molecule has 0 amide bonds. The molecule has 0 aromatic heterocycles. The van der Waals surface area contributed by atoms with Crippen LogP contribution in [-0.4, -0.2) is 0 Å². The fourth-order valence-corrected chi connectivity index (χ4v) is 1.93. The fraction of sp³-hybridized carbons (Fsp3) is 0.200. The lowest BCUT2D eigenvalue weighted by Gasteiger charge is -2.11.